The van der Waals surface area contributed by atoms with Crippen LogP contribution in [0.3, 0.4) is 0 Å². The predicted molar refractivity (Wildman–Crippen MR) is 81.1 cm³/mol. The van der Waals surface area contributed by atoms with E-state index in [1.165, 1.54) is 11.4 Å². The Bertz CT molecular complexity index is 680. The maximum Gasteiger partial charge on any atom is 0.194 e. The number of hydrogen-bond donors (Lipinski definition) is 1. The second-order valence-electron chi connectivity index (χ2n) is 4.97. The highest BCUT2D eigenvalue weighted by atomic mass is 32.1. The van der Waals surface area contributed by atoms with Gasteiger partial charge in [-0.3, -0.25) is 4.40 Å². The van der Waals surface area contributed by atoms with Crippen molar-refractivity contribution in [1.82, 2.24) is 24.3 Å². The van der Waals surface area contributed by atoms with Gasteiger partial charge in [0.2, 0.25) is 0 Å². The SMILES string of the molecule is Cc1nc2scc(C)n2c1CNCCCn1ccnc1. The molecule has 1 N–H and O–H groups in total. The van der Waals surface area contributed by atoms with Gasteiger partial charge in [-0.25, -0.2) is 9.97 Å². The highest BCUT2D eigenvalue weighted by Crippen LogP contribution is 2.20. The lowest BCUT2D eigenvalue weighted by Crippen LogP contribution is -2.18. The number of fused-ring (bicyclic) bond motifs is 1. The van der Waals surface area contributed by atoms with Crippen LogP contribution in [-0.4, -0.2) is 25.5 Å². The predicted octanol–water partition coefficient (Wildman–Crippen LogP) is 2.39. The average molecular weight is 289 g/mol. The summed E-state index contributed by atoms with van der Waals surface area (Å²) in [6.45, 7) is 7.09. The fourth-order valence-corrected chi connectivity index (χ4v) is 3.32. The van der Waals surface area contributed by atoms with Crippen molar-refractivity contribution >= 4 is 16.3 Å². The minimum absolute atomic E-state index is 0.870. The summed E-state index contributed by atoms with van der Waals surface area (Å²) in [6.07, 6.45) is 6.78. The Morgan fingerprint density at radius 2 is 2.25 bits per heavy atom. The number of imidazole rings is 2. The Kier molecular flexibility index (Phi) is 3.84. The number of thiazole rings is 1. The second kappa shape index (κ2) is 5.76. The first-order chi connectivity index (χ1) is 9.75. The molecule has 0 fully saturated rings. The van der Waals surface area contributed by atoms with Gasteiger partial charge in [0.25, 0.3) is 0 Å². The van der Waals surface area contributed by atoms with E-state index < -0.39 is 0 Å². The van der Waals surface area contributed by atoms with Gasteiger partial charge in [0.15, 0.2) is 4.96 Å². The summed E-state index contributed by atoms with van der Waals surface area (Å²) in [5.74, 6) is 0. The van der Waals surface area contributed by atoms with Crippen molar-refractivity contribution in [1.29, 1.82) is 0 Å². The molecule has 0 unspecified atom stereocenters. The van der Waals surface area contributed by atoms with Crippen LogP contribution < -0.4 is 5.32 Å². The van der Waals surface area contributed by atoms with Gasteiger partial charge in [0.05, 0.1) is 17.7 Å². The lowest BCUT2D eigenvalue weighted by atomic mass is 10.3. The summed E-state index contributed by atoms with van der Waals surface area (Å²) in [6, 6.07) is 0. The highest BCUT2D eigenvalue weighted by molar-refractivity contribution is 7.15. The van der Waals surface area contributed by atoms with E-state index in [4.69, 9.17) is 0 Å². The van der Waals surface area contributed by atoms with Crippen LogP contribution in [0.1, 0.15) is 23.5 Å². The van der Waals surface area contributed by atoms with Crippen molar-refractivity contribution in [2.24, 2.45) is 0 Å². The number of aromatic nitrogens is 4. The lowest BCUT2D eigenvalue weighted by molar-refractivity contribution is 0.574. The van der Waals surface area contributed by atoms with E-state index in [0.29, 0.717) is 0 Å². The number of hydrogen-bond acceptors (Lipinski definition) is 4. The van der Waals surface area contributed by atoms with Crippen LogP contribution in [-0.2, 0) is 13.1 Å². The van der Waals surface area contributed by atoms with Gasteiger partial charge >= 0.3 is 0 Å². The molecule has 3 heterocycles. The summed E-state index contributed by atoms with van der Waals surface area (Å²) in [5.41, 5.74) is 3.67. The topological polar surface area (TPSA) is 47.1 Å². The largest absolute Gasteiger partial charge is 0.337 e. The molecular formula is C14H19N5S. The zero-order valence-electron chi connectivity index (χ0n) is 11.8. The fraction of sp³-hybridized carbons (Fsp3) is 0.429. The van der Waals surface area contributed by atoms with Crippen molar-refractivity contribution in [3.63, 3.8) is 0 Å². The zero-order chi connectivity index (χ0) is 13.9. The normalized spacial score (nSPS) is 11.5. The van der Waals surface area contributed by atoms with Gasteiger partial charge in [0, 0.05) is 36.6 Å². The van der Waals surface area contributed by atoms with Gasteiger partial charge in [0.1, 0.15) is 0 Å². The summed E-state index contributed by atoms with van der Waals surface area (Å²) in [7, 11) is 0. The Labute approximate surface area is 122 Å². The van der Waals surface area contributed by atoms with E-state index >= 15 is 0 Å². The molecule has 3 rings (SSSR count). The molecule has 0 saturated heterocycles. The molecule has 3 aromatic rings. The van der Waals surface area contributed by atoms with E-state index in [1.54, 1.807) is 11.3 Å². The van der Waals surface area contributed by atoms with Crippen molar-refractivity contribution in [2.45, 2.75) is 33.4 Å². The molecule has 6 heteroatoms. The third kappa shape index (κ3) is 2.62. The maximum absolute atomic E-state index is 4.60. The number of nitrogens with one attached hydrogen (secondary N) is 1. The summed E-state index contributed by atoms with van der Waals surface area (Å²) in [5, 5.41) is 5.67. The van der Waals surface area contributed by atoms with Gasteiger partial charge in [-0.05, 0) is 26.8 Å². The molecule has 0 aliphatic carbocycles. The summed E-state index contributed by atoms with van der Waals surface area (Å²) in [4.78, 5) is 9.74. The van der Waals surface area contributed by atoms with Crippen molar-refractivity contribution in [3.05, 3.63) is 41.2 Å². The highest BCUT2D eigenvalue weighted by Gasteiger charge is 2.11. The molecule has 0 bridgehead atoms. The summed E-state index contributed by atoms with van der Waals surface area (Å²) >= 11 is 1.70. The molecule has 106 valence electrons. The molecule has 0 amide bonds. The van der Waals surface area contributed by atoms with Crippen LogP contribution in [0, 0.1) is 13.8 Å². The smallest absolute Gasteiger partial charge is 0.194 e. The van der Waals surface area contributed by atoms with Crippen LogP contribution in [0.15, 0.2) is 24.1 Å². The molecule has 0 radical (unpaired) electrons. The molecular weight excluding hydrogens is 270 g/mol. The van der Waals surface area contributed by atoms with E-state index in [0.717, 1.165) is 36.7 Å². The maximum atomic E-state index is 4.60. The number of nitrogens with zero attached hydrogens (tertiary/aromatic N) is 4. The molecule has 0 spiro atoms. The minimum Gasteiger partial charge on any atom is -0.337 e. The van der Waals surface area contributed by atoms with Gasteiger partial charge in [-0.15, -0.1) is 11.3 Å². The Morgan fingerprint density at radius 3 is 3.05 bits per heavy atom. The second-order valence-corrected chi connectivity index (χ2v) is 5.81. The first kappa shape index (κ1) is 13.3. The van der Waals surface area contributed by atoms with E-state index in [1.807, 2.05) is 18.7 Å². The van der Waals surface area contributed by atoms with Crippen molar-refractivity contribution in [3.8, 4) is 0 Å². The van der Waals surface area contributed by atoms with Crippen molar-refractivity contribution in [2.75, 3.05) is 6.54 Å². The molecule has 0 atom stereocenters. The molecule has 0 aliphatic heterocycles. The van der Waals surface area contributed by atoms with Crippen LogP contribution in [0.25, 0.3) is 4.96 Å². The first-order valence-electron chi connectivity index (χ1n) is 6.84. The van der Waals surface area contributed by atoms with Crippen LogP contribution in [0.5, 0.6) is 0 Å². The Hall–Kier alpha value is -1.66. The molecule has 3 aromatic heterocycles. The molecule has 0 aliphatic rings. The molecule has 5 nitrogen and oxygen atoms in total. The quantitative estimate of drug-likeness (QED) is 0.709. The van der Waals surface area contributed by atoms with E-state index in [2.05, 4.69) is 43.5 Å². The summed E-state index contributed by atoms with van der Waals surface area (Å²) < 4.78 is 4.36. The van der Waals surface area contributed by atoms with Gasteiger partial charge in [-0.1, -0.05) is 0 Å². The number of rotatable bonds is 6. The van der Waals surface area contributed by atoms with Crippen LogP contribution in [0.4, 0.5) is 0 Å². The third-order valence-electron chi connectivity index (χ3n) is 3.45. The lowest BCUT2D eigenvalue weighted by Gasteiger charge is -2.06. The standard InChI is InChI=1S/C14H19N5S/c1-11-9-20-14-17-12(2)13(19(11)14)8-15-4-3-6-18-7-5-16-10-18/h5,7,9-10,15H,3-4,6,8H2,1-2H3. The van der Waals surface area contributed by atoms with E-state index in [9.17, 15) is 0 Å². The van der Waals surface area contributed by atoms with Gasteiger partial charge in [-0.2, -0.15) is 0 Å². The van der Waals surface area contributed by atoms with Crippen LogP contribution >= 0.6 is 11.3 Å². The third-order valence-corrected chi connectivity index (χ3v) is 4.39. The minimum atomic E-state index is 0.870. The number of aryl methyl sites for hydroxylation is 3. The average Bonchev–Trinajstić information content (AvgIpc) is 3.11. The van der Waals surface area contributed by atoms with Gasteiger partial charge < -0.3 is 9.88 Å². The van der Waals surface area contributed by atoms with Crippen molar-refractivity contribution < 1.29 is 0 Å². The Balaban J connectivity index is 1.54. The molecule has 0 saturated carbocycles. The zero-order valence-corrected chi connectivity index (χ0v) is 12.7. The molecule has 20 heavy (non-hydrogen) atoms. The molecule has 0 aromatic carbocycles. The van der Waals surface area contributed by atoms with Crippen LogP contribution in [0.2, 0.25) is 0 Å². The monoisotopic (exact) mass is 289 g/mol. The Morgan fingerprint density at radius 1 is 1.35 bits per heavy atom. The van der Waals surface area contributed by atoms with E-state index in [-0.39, 0.29) is 0 Å². The first-order valence-corrected chi connectivity index (χ1v) is 7.72. The fourth-order valence-electron chi connectivity index (χ4n) is 2.39.